The number of amides is 1. The van der Waals surface area contributed by atoms with E-state index in [1.807, 2.05) is 4.90 Å². The van der Waals surface area contributed by atoms with Gasteiger partial charge in [-0.25, -0.2) is 13.6 Å². The second kappa shape index (κ2) is 5.46. The van der Waals surface area contributed by atoms with Gasteiger partial charge in [0.25, 0.3) is 5.91 Å². The molecule has 0 radical (unpaired) electrons. The largest absolute Gasteiger partial charge is 0.335 e. The van der Waals surface area contributed by atoms with Gasteiger partial charge >= 0.3 is 0 Å². The first-order valence-corrected chi connectivity index (χ1v) is 9.02. The van der Waals surface area contributed by atoms with Crippen molar-refractivity contribution in [3.8, 4) is 0 Å². The van der Waals surface area contributed by atoms with E-state index in [2.05, 4.69) is 13.8 Å². The number of aryl methyl sites for hydroxylation is 1. The van der Waals surface area contributed by atoms with Crippen molar-refractivity contribution < 1.29 is 13.2 Å². The summed E-state index contributed by atoms with van der Waals surface area (Å²) in [6.07, 6.45) is 2.01. The second-order valence-corrected chi connectivity index (χ2v) is 8.31. The van der Waals surface area contributed by atoms with Crippen LogP contribution in [-0.4, -0.2) is 31.8 Å². The zero-order valence-electron chi connectivity index (χ0n) is 11.9. The second-order valence-electron chi connectivity index (χ2n) is 5.53. The van der Waals surface area contributed by atoms with Crippen molar-refractivity contribution in [1.29, 1.82) is 0 Å². The molecule has 2 heterocycles. The summed E-state index contributed by atoms with van der Waals surface area (Å²) in [5.74, 6) is 0.324. The number of sulfonamides is 1. The van der Waals surface area contributed by atoms with Crippen molar-refractivity contribution in [2.24, 2.45) is 11.1 Å². The van der Waals surface area contributed by atoms with Gasteiger partial charge in [0.1, 0.15) is 0 Å². The van der Waals surface area contributed by atoms with Gasteiger partial charge < -0.3 is 4.90 Å². The first-order valence-electron chi connectivity index (χ1n) is 6.66. The van der Waals surface area contributed by atoms with Crippen molar-refractivity contribution >= 4 is 27.3 Å². The van der Waals surface area contributed by atoms with E-state index in [1.165, 1.54) is 17.4 Å². The fourth-order valence-corrected chi connectivity index (χ4v) is 4.83. The highest BCUT2D eigenvalue weighted by molar-refractivity contribution is 7.89. The van der Waals surface area contributed by atoms with Crippen molar-refractivity contribution in [1.82, 2.24) is 4.90 Å². The predicted octanol–water partition coefficient (Wildman–Crippen LogP) is 1.96. The molecule has 20 heavy (non-hydrogen) atoms. The molecule has 1 aromatic heterocycles. The summed E-state index contributed by atoms with van der Waals surface area (Å²) in [5.41, 5.74) is 0. The number of nitrogens with two attached hydrogens (primary N) is 1. The minimum Gasteiger partial charge on any atom is -0.335 e. The lowest BCUT2D eigenvalue weighted by Gasteiger charge is -2.27. The molecule has 1 saturated heterocycles. The Labute approximate surface area is 123 Å². The number of hydrogen-bond acceptors (Lipinski definition) is 4. The molecule has 1 unspecified atom stereocenters. The highest BCUT2D eigenvalue weighted by atomic mass is 32.2. The van der Waals surface area contributed by atoms with Crippen molar-refractivity contribution in [3.05, 3.63) is 15.8 Å². The third-order valence-corrected chi connectivity index (χ3v) is 5.92. The van der Waals surface area contributed by atoms with Gasteiger partial charge in [-0.05, 0) is 31.7 Å². The van der Waals surface area contributed by atoms with Gasteiger partial charge in [0.15, 0.2) is 0 Å². The number of likely N-dealkylation sites (tertiary alicyclic amines) is 1. The number of thiophene rings is 1. The lowest BCUT2D eigenvalue weighted by molar-refractivity contribution is 0.0706. The highest BCUT2D eigenvalue weighted by Crippen LogP contribution is 2.30. The fourth-order valence-electron chi connectivity index (χ4n) is 2.73. The van der Waals surface area contributed by atoms with Crippen molar-refractivity contribution in [2.45, 2.75) is 44.6 Å². The third kappa shape index (κ3) is 2.89. The molecule has 1 aliphatic heterocycles. The normalized spacial score (nSPS) is 19.9. The highest BCUT2D eigenvalue weighted by Gasteiger charge is 2.32. The molecule has 1 fully saturated rings. The van der Waals surface area contributed by atoms with Gasteiger partial charge in [-0.2, -0.15) is 0 Å². The molecule has 1 aliphatic rings. The van der Waals surface area contributed by atoms with E-state index >= 15 is 0 Å². The summed E-state index contributed by atoms with van der Waals surface area (Å²) >= 11 is 1.20. The molecule has 2 N–H and O–H groups in total. The minimum atomic E-state index is -3.76. The van der Waals surface area contributed by atoms with Crippen LogP contribution >= 0.6 is 11.3 Å². The monoisotopic (exact) mass is 316 g/mol. The lowest BCUT2D eigenvalue weighted by atomic mass is 10.0. The number of carbonyl (C=O) groups is 1. The summed E-state index contributed by atoms with van der Waals surface area (Å²) in [6, 6.07) is 1.65. The molecule has 7 heteroatoms. The van der Waals surface area contributed by atoms with E-state index in [-0.39, 0.29) is 16.8 Å². The van der Waals surface area contributed by atoms with Gasteiger partial charge in [0.2, 0.25) is 10.0 Å². The number of primary sulfonamides is 1. The van der Waals surface area contributed by atoms with Crippen LogP contribution in [0.15, 0.2) is 11.0 Å². The van der Waals surface area contributed by atoms with E-state index in [0.717, 1.165) is 19.4 Å². The van der Waals surface area contributed by atoms with Crippen LogP contribution in [-0.2, 0) is 10.0 Å². The molecule has 5 nitrogen and oxygen atoms in total. The van der Waals surface area contributed by atoms with Crippen LogP contribution in [0.2, 0.25) is 0 Å². The Morgan fingerprint density at radius 1 is 1.50 bits per heavy atom. The van der Waals surface area contributed by atoms with Gasteiger partial charge in [-0.3, -0.25) is 4.79 Å². The summed E-state index contributed by atoms with van der Waals surface area (Å²) < 4.78 is 22.9. The Bertz CT molecular complexity index is 620. The van der Waals surface area contributed by atoms with E-state index in [9.17, 15) is 13.2 Å². The Balaban J connectivity index is 2.31. The number of rotatable bonds is 3. The molecule has 0 saturated carbocycles. The summed E-state index contributed by atoms with van der Waals surface area (Å²) in [6.45, 7) is 6.62. The first-order chi connectivity index (χ1) is 9.21. The van der Waals surface area contributed by atoms with Crippen LogP contribution in [0.1, 0.15) is 41.2 Å². The van der Waals surface area contributed by atoms with Gasteiger partial charge in [0.05, 0.1) is 9.77 Å². The van der Waals surface area contributed by atoms with Crippen molar-refractivity contribution in [3.63, 3.8) is 0 Å². The molecule has 1 amide bonds. The molecule has 112 valence electrons. The van der Waals surface area contributed by atoms with Gasteiger partial charge in [-0.1, -0.05) is 13.8 Å². The third-order valence-electron chi connectivity index (χ3n) is 3.72. The molecule has 0 aliphatic carbocycles. The predicted molar refractivity (Wildman–Crippen MR) is 79.3 cm³/mol. The van der Waals surface area contributed by atoms with Crippen LogP contribution in [0.5, 0.6) is 0 Å². The van der Waals surface area contributed by atoms with Crippen LogP contribution in [0, 0.1) is 12.8 Å². The quantitative estimate of drug-likeness (QED) is 0.925. The lowest BCUT2D eigenvalue weighted by Crippen LogP contribution is -2.38. The molecule has 0 aromatic carbocycles. The van der Waals surface area contributed by atoms with E-state index in [4.69, 9.17) is 5.14 Å². The average molecular weight is 316 g/mol. The number of carbonyl (C=O) groups excluding carboxylic acids is 1. The van der Waals surface area contributed by atoms with Crippen molar-refractivity contribution in [2.75, 3.05) is 6.54 Å². The van der Waals surface area contributed by atoms with Gasteiger partial charge in [-0.15, -0.1) is 11.3 Å². The fraction of sp³-hybridized carbons (Fsp3) is 0.615. The maximum absolute atomic E-state index is 12.6. The van der Waals surface area contributed by atoms with E-state index < -0.39 is 10.0 Å². The topological polar surface area (TPSA) is 80.5 Å². The summed E-state index contributed by atoms with van der Waals surface area (Å²) in [5, 5.41) is 5.15. The van der Waals surface area contributed by atoms with Crippen LogP contribution in [0.3, 0.4) is 0 Å². The first kappa shape index (κ1) is 15.5. The minimum absolute atomic E-state index is 0.0612. The Hall–Kier alpha value is -0.920. The zero-order valence-corrected chi connectivity index (χ0v) is 13.6. The zero-order chi connectivity index (χ0) is 15.1. The smallest absolute Gasteiger partial charge is 0.264 e. The van der Waals surface area contributed by atoms with E-state index in [1.54, 1.807) is 6.92 Å². The molecular formula is C13H20N2O3S2. The molecule has 0 bridgehead atoms. The maximum atomic E-state index is 12.6. The molecule has 0 spiro atoms. The van der Waals surface area contributed by atoms with Crippen LogP contribution in [0.4, 0.5) is 0 Å². The Morgan fingerprint density at radius 3 is 2.65 bits per heavy atom. The maximum Gasteiger partial charge on any atom is 0.264 e. The Morgan fingerprint density at radius 2 is 2.15 bits per heavy atom. The van der Waals surface area contributed by atoms with Gasteiger partial charge in [0, 0.05) is 17.5 Å². The SMILES string of the molecule is Cc1sc(C(=O)N2CCCC2C(C)C)cc1S(N)(=O)=O. The molecule has 1 atom stereocenters. The average Bonchev–Trinajstić information content (AvgIpc) is 2.92. The van der Waals surface area contributed by atoms with Crippen LogP contribution in [0.25, 0.3) is 0 Å². The molecular weight excluding hydrogens is 296 g/mol. The number of nitrogens with zero attached hydrogens (tertiary/aromatic N) is 1. The molecule has 2 rings (SSSR count). The molecule has 1 aromatic rings. The van der Waals surface area contributed by atoms with E-state index in [0.29, 0.717) is 15.7 Å². The van der Waals surface area contributed by atoms with Crippen LogP contribution < -0.4 is 5.14 Å². The summed E-state index contributed by atoms with van der Waals surface area (Å²) in [7, 11) is -3.76. The summed E-state index contributed by atoms with van der Waals surface area (Å²) in [4.78, 5) is 15.5. The Kier molecular flexibility index (Phi) is 4.22. The number of hydrogen-bond donors (Lipinski definition) is 1. The standard InChI is InChI=1S/C13H20N2O3S2/c1-8(2)10-5-4-6-15(10)13(16)11-7-12(9(3)19-11)20(14,17)18/h7-8,10H,4-6H2,1-3H3,(H2,14,17,18).